The highest BCUT2D eigenvalue weighted by Crippen LogP contribution is 2.28. The van der Waals surface area contributed by atoms with Crippen molar-refractivity contribution in [2.24, 2.45) is 5.92 Å². The number of ether oxygens (including phenoxy) is 2. The largest absolute Gasteiger partial charge is 0.490 e. The van der Waals surface area contributed by atoms with Crippen molar-refractivity contribution in [3.05, 3.63) is 36.4 Å². The highest BCUT2D eigenvalue weighted by molar-refractivity contribution is 5.85. The SMILES string of the molecule is C=CCOc1ccc(CNCC(C)C)cc1OCC.Cl. The lowest BCUT2D eigenvalue weighted by molar-refractivity contribution is 0.296. The second-order valence-corrected chi connectivity index (χ2v) is 4.84. The molecule has 114 valence electrons. The second-order valence-electron chi connectivity index (χ2n) is 4.84. The van der Waals surface area contributed by atoms with Crippen molar-refractivity contribution in [2.75, 3.05) is 19.8 Å². The summed E-state index contributed by atoms with van der Waals surface area (Å²) >= 11 is 0. The van der Waals surface area contributed by atoms with Crippen molar-refractivity contribution in [3.63, 3.8) is 0 Å². The normalized spacial score (nSPS) is 10.0. The maximum Gasteiger partial charge on any atom is 0.161 e. The van der Waals surface area contributed by atoms with Gasteiger partial charge in [0.2, 0.25) is 0 Å². The van der Waals surface area contributed by atoms with E-state index in [4.69, 9.17) is 9.47 Å². The van der Waals surface area contributed by atoms with Crippen molar-refractivity contribution < 1.29 is 9.47 Å². The van der Waals surface area contributed by atoms with Gasteiger partial charge in [-0.15, -0.1) is 12.4 Å². The topological polar surface area (TPSA) is 30.5 Å². The molecule has 0 amide bonds. The van der Waals surface area contributed by atoms with Crippen LogP contribution >= 0.6 is 12.4 Å². The number of benzene rings is 1. The summed E-state index contributed by atoms with van der Waals surface area (Å²) in [6, 6.07) is 6.06. The van der Waals surface area contributed by atoms with Crippen molar-refractivity contribution >= 4 is 12.4 Å². The Labute approximate surface area is 128 Å². The van der Waals surface area contributed by atoms with E-state index in [1.807, 2.05) is 19.1 Å². The van der Waals surface area contributed by atoms with E-state index in [-0.39, 0.29) is 12.4 Å². The Bertz CT molecular complexity index is 394. The molecule has 3 nitrogen and oxygen atoms in total. The van der Waals surface area contributed by atoms with E-state index in [1.165, 1.54) is 5.56 Å². The molecule has 4 heteroatoms. The first-order chi connectivity index (χ1) is 9.17. The Morgan fingerprint density at radius 2 is 2.00 bits per heavy atom. The van der Waals surface area contributed by atoms with Crippen LogP contribution in [-0.2, 0) is 6.54 Å². The molecule has 0 radical (unpaired) electrons. The van der Waals surface area contributed by atoms with Gasteiger partial charge in [0, 0.05) is 6.54 Å². The molecule has 0 bridgehead atoms. The predicted molar refractivity (Wildman–Crippen MR) is 87.1 cm³/mol. The van der Waals surface area contributed by atoms with E-state index in [1.54, 1.807) is 6.08 Å². The van der Waals surface area contributed by atoms with Crippen molar-refractivity contribution in [1.29, 1.82) is 0 Å². The summed E-state index contributed by atoms with van der Waals surface area (Å²) < 4.78 is 11.2. The first-order valence-corrected chi connectivity index (χ1v) is 6.87. The third-order valence-corrected chi connectivity index (χ3v) is 2.55. The molecular weight excluding hydrogens is 274 g/mol. The van der Waals surface area contributed by atoms with Gasteiger partial charge in [0.05, 0.1) is 6.61 Å². The maximum absolute atomic E-state index is 5.62. The molecule has 0 atom stereocenters. The van der Waals surface area contributed by atoms with Crippen molar-refractivity contribution in [1.82, 2.24) is 5.32 Å². The highest BCUT2D eigenvalue weighted by atomic mass is 35.5. The number of hydrogen-bond acceptors (Lipinski definition) is 3. The van der Waals surface area contributed by atoms with E-state index in [9.17, 15) is 0 Å². The summed E-state index contributed by atoms with van der Waals surface area (Å²) in [7, 11) is 0. The molecule has 20 heavy (non-hydrogen) atoms. The summed E-state index contributed by atoms with van der Waals surface area (Å²) in [4.78, 5) is 0. The monoisotopic (exact) mass is 299 g/mol. The fourth-order valence-corrected chi connectivity index (χ4v) is 1.70. The molecule has 1 aromatic rings. The van der Waals surface area contributed by atoms with Gasteiger partial charge in [-0.05, 0) is 37.1 Å². The van der Waals surface area contributed by atoms with Crippen molar-refractivity contribution in [2.45, 2.75) is 27.3 Å². The predicted octanol–water partition coefficient (Wildman–Crippen LogP) is 3.82. The molecule has 0 spiro atoms. The van der Waals surface area contributed by atoms with E-state index < -0.39 is 0 Å². The van der Waals surface area contributed by atoms with Crippen LogP contribution in [0.5, 0.6) is 11.5 Å². The molecule has 0 saturated heterocycles. The number of rotatable bonds is 9. The minimum Gasteiger partial charge on any atom is -0.490 e. The summed E-state index contributed by atoms with van der Waals surface area (Å²) in [5, 5.41) is 3.42. The molecule has 1 aromatic carbocycles. The molecule has 0 heterocycles. The van der Waals surface area contributed by atoms with Gasteiger partial charge in [0.25, 0.3) is 0 Å². The third kappa shape index (κ3) is 6.83. The zero-order valence-corrected chi connectivity index (χ0v) is 13.5. The summed E-state index contributed by atoms with van der Waals surface area (Å²) in [5.41, 5.74) is 1.20. The molecule has 0 aliphatic carbocycles. The first-order valence-electron chi connectivity index (χ1n) is 6.87. The molecule has 0 fully saturated rings. The number of halogens is 1. The summed E-state index contributed by atoms with van der Waals surface area (Å²) in [6.07, 6.45) is 1.73. The zero-order valence-electron chi connectivity index (χ0n) is 12.6. The fraction of sp³-hybridized carbons (Fsp3) is 0.500. The second kappa shape index (κ2) is 10.6. The Balaban J connectivity index is 0.00000361. The average Bonchev–Trinajstić information content (AvgIpc) is 2.38. The average molecular weight is 300 g/mol. The maximum atomic E-state index is 5.62. The van der Waals surface area contributed by atoms with Crippen LogP contribution in [0.15, 0.2) is 30.9 Å². The van der Waals surface area contributed by atoms with Gasteiger partial charge in [-0.3, -0.25) is 0 Å². The Morgan fingerprint density at radius 3 is 2.60 bits per heavy atom. The van der Waals surface area contributed by atoms with Crippen LogP contribution in [0.3, 0.4) is 0 Å². The lowest BCUT2D eigenvalue weighted by Crippen LogP contribution is -2.19. The minimum absolute atomic E-state index is 0. The van der Waals surface area contributed by atoms with E-state index in [0.717, 1.165) is 24.6 Å². The first kappa shape index (κ1) is 18.8. The van der Waals surface area contributed by atoms with Crippen LogP contribution in [0.1, 0.15) is 26.3 Å². The molecule has 1 rings (SSSR count). The van der Waals surface area contributed by atoms with Gasteiger partial charge < -0.3 is 14.8 Å². The quantitative estimate of drug-likeness (QED) is 0.703. The molecule has 0 aliphatic rings. The van der Waals surface area contributed by atoms with E-state index >= 15 is 0 Å². The van der Waals surface area contributed by atoms with Crippen LogP contribution in [0.2, 0.25) is 0 Å². The Hall–Kier alpha value is -1.19. The number of nitrogens with one attached hydrogen (secondary N) is 1. The van der Waals surface area contributed by atoms with Gasteiger partial charge in [-0.1, -0.05) is 32.6 Å². The van der Waals surface area contributed by atoms with E-state index in [0.29, 0.717) is 19.1 Å². The smallest absolute Gasteiger partial charge is 0.161 e. The van der Waals surface area contributed by atoms with Crippen LogP contribution in [0.25, 0.3) is 0 Å². The molecule has 1 N–H and O–H groups in total. The van der Waals surface area contributed by atoms with Gasteiger partial charge >= 0.3 is 0 Å². The fourth-order valence-electron chi connectivity index (χ4n) is 1.70. The van der Waals surface area contributed by atoms with Gasteiger partial charge in [-0.25, -0.2) is 0 Å². The molecule has 0 unspecified atom stereocenters. The minimum atomic E-state index is 0. The molecule has 0 saturated carbocycles. The lowest BCUT2D eigenvalue weighted by atomic mass is 10.2. The van der Waals surface area contributed by atoms with Crippen LogP contribution in [0.4, 0.5) is 0 Å². The highest BCUT2D eigenvalue weighted by Gasteiger charge is 2.06. The van der Waals surface area contributed by atoms with Gasteiger partial charge in [0.15, 0.2) is 11.5 Å². The van der Waals surface area contributed by atoms with Crippen LogP contribution in [0, 0.1) is 5.92 Å². The standard InChI is InChI=1S/C16H25NO2.ClH/c1-5-9-19-15-8-7-14(10-16(15)18-6-2)12-17-11-13(3)4;/h5,7-8,10,13,17H,1,6,9,11-12H2,2-4H3;1H. The van der Waals surface area contributed by atoms with Gasteiger partial charge in [0.1, 0.15) is 6.61 Å². The van der Waals surface area contributed by atoms with E-state index in [2.05, 4.69) is 31.8 Å². The van der Waals surface area contributed by atoms with Gasteiger partial charge in [-0.2, -0.15) is 0 Å². The Morgan fingerprint density at radius 1 is 1.25 bits per heavy atom. The third-order valence-electron chi connectivity index (χ3n) is 2.55. The number of hydrogen-bond donors (Lipinski definition) is 1. The van der Waals surface area contributed by atoms with Crippen molar-refractivity contribution in [3.8, 4) is 11.5 Å². The lowest BCUT2D eigenvalue weighted by Gasteiger charge is -2.13. The summed E-state index contributed by atoms with van der Waals surface area (Å²) in [6.45, 7) is 13.0. The Kier molecular flexibility index (Phi) is 9.95. The molecule has 0 aliphatic heterocycles. The van der Waals surface area contributed by atoms with Crippen LogP contribution < -0.4 is 14.8 Å². The zero-order chi connectivity index (χ0) is 14.1. The summed E-state index contributed by atoms with van der Waals surface area (Å²) in [5.74, 6) is 2.23. The molecule has 0 aromatic heterocycles. The van der Waals surface area contributed by atoms with Crippen LogP contribution in [-0.4, -0.2) is 19.8 Å². The molecular formula is C16H26ClNO2.